The summed E-state index contributed by atoms with van der Waals surface area (Å²) in [4.78, 5) is 23.8. The second kappa shape index (κ2) is 6.98. The second-order valence-electron chi connectivity index (χ2n) is 4.80. The molecule has 6 nitrogen and oxygen atoms in total. The number of carbonyl (C=O) groups excluding carboxylic acids is 2. The Morgan fingerprint density at radius 1 is 1.00 bits per heavy atom. The lowest BCUT2D eigenvalue weighted by molar-refractivity contribution is 0.0844. The molecule has 0 saturated heterocycles. The van der Waals surface area contributed by atoms with E-state index in [9.17, 15) is 22.4 Å². The van der Waals surface area contributed by atoms with Crippen LogP contribution in [0.4, 0.5) is 4.39 Å². The molecule has 126 valence electrons. The molecule has 0 bridgehead atoms. The average molecular weight is 371 g/mol. The van der Waals surface area contributed by atoms with Crippen LogP contribution in [-0.2, 0) is 9.84 Å². The van der Waals surface area contributed by atoms with Crippen LogP contribution in [0.2, 0.25) is 5.02 Å². The van der Waals surface area contributed by atoms with Gasteiger partial charge in [0.15, 0.2) is 9.84 Å². The van der Waals surface area contributed by atoms with E-state index >= 15 is 0 Å². The monoisotopic (exact) mass is 370 g/mol. The molecule has 0 aliphatic carbocycles. The van der Waals surface area contributed by atoms with Crippen LogP contribution in [-0.4, -0.2) is 26.5 Å². The summed E-state index contributed by atoms with van der Waals surface area (Å²) in [6.07, 6.45) is 1.04. The Kier molecular flexibility index (Phi) is 5.20. The van der Waals surface area contributed by atoms with Gasteiger partial charge in [0.05, 0.1) is 15.5 Å². The van der Waals surface area contributed by atoms with E-state index in [2.05, 4.69) is 5.43 Å². The fourth-order valence-electron chi connectivity index (χ4n) is 1.82. The average Bonchev–Trinajstić information content (AvgIpc) is 2.51. The molecule has 0 aromatic heterocycles. The molecule has 2 N–H and O–H groups in total. The minimum absolute atomic E-state index is 0.0567. The molecule has 0 atom stereocenters. The van der Waals surface area contributed by atoms with Crippen molar-refractivity contribution in [2.24, 2.45) is 0 Å². The molecule has 2 aromatic carbocycles. The Hall–Kier alpha value is -2.45. The highest BCUT2D eigenvalue weighted by molar-refractivity contribution is 7.90. The van der Waals surface area contributed by atoms with Crippen molar-refractivity contribution in [1.29, 1.82) is 0 Å². The molecule has 2 aromatic rings. The molecule has 0 heterocycles. The van der Waals surface area contributed by atoms with Gasteiger partial charge in [-0.25, -0.2) is 12.8 Å². The summed E-state index contributed by atoms with van der Waals surface area (Å²) in [7, 11) is -3.37. The molecule has 0 fully saturated rings. The van der Waals surface area contributed by atoms with E-state index in [1.807, 2.05) is 5.43 Å². The first-order valence-corrected chi connectivity index (χ1v) is 8.82. The Bertz CT molecular complexity index is 878. The van der Waals surface area contributed by atoms with E-state index in [4.69, 9.17) is 11.6 Å². The van der Waals surface area contributed by atoms with Crippen LogP contribution in [0.1, 0.15) is 20.7 Å². The molecular weight excluding hydrogens is 359 g/mol. The Labute approximate surface area is 142 Å². The smallest absolute Gasteiger partial charge is 0.267 e. The molecular formula is C15H12ClFN2O4S. The minimum Gasteiger partial charge on any atom is -0.267 e. The number of sulfone groups is 1. The van der Waals surface area contributed by atoms with Crippen LogP contribution in [0.3, 0.4) is 0 Å². The first-order chi connectivity index (χ1) is 11.2. The van der Waals surface area contributed by atoms with Crippen molar-refractivity contribution in [3.63, 3.8) is 0 Å². The Balaban J connectivity index is 2.07. The molecule has 24 heavy (non-hydrogen) atoms. The number of nitrogens with one attached hydrogen (secondary N) is 2. The number of halogens is 2. The molecule has 2 amide bonds. The zero-order valence-electron chi connectivity index (χ0n) is 12.3. The van der Waals surface area contributed by atoms with Gasteiger partial charge in [0.2, 0.25) is 0 Å². The van der Waals surface area contributed by atoms with E-state index in [0.29, 0.717) is 0 Å². The third kappa shape index (κ3) is 4.09. The third-order valence-electron chi connectivity index (χ3n) is 3.02. The SMILES string of the molecule is CS(=O)(=O)c1ccc(C(=O)NNC(=O)c2c(F)cccc2Cl)cc1. The van der Waals surface area contributed by atoms with Crippen molar-refractivity contribution in [3.8, 4) is 0 Å². The van der Waals surface area contributed by atoms with Crippen LogP contribution in [0.25, 0.3) is 0 Å². The molecule has 9 heteroatoms. The van der Waals surface area contributed by atoms with Crippen molar-refractivity contribution in [2.45, 2.75) is 4.90 Å². The number of carbonyl (C=O) groups is 2. The summed E-state index contributed by atoms with van der Waals surface area (Å²) in [6, 6.07) is 8.84. The van der Waals surface area contributed by atoms with E-state index in [-0.39, 0.29) is 15.5 Å². The maximum atomic E-state index is 13.6. The van der Waals surface area contributed by atoms with Gasteiger partial charge in [0.25, 0.3) is 11.8 Å². The zero-order chi connectivity index (χ0) is 17.9. The maximum Gasteiger partial charge on any atom is 0.274 e. The number of hydrogen-bond donors (Lipinski definition) is 2. The molecule has 0 spiro atoms. The summed E-state index contributed by atoms with van der Waals surface area (Å²) in [5, 5.41) is -0.0979. The summed E-state index contributed by atoms with van der Waals surface area (Å²) in [5.74, 6) is -2.44. The Morgan fingerprint density at radius 2 is 1.58 bits per heavy atom. The van der Waals surface area contributed by atoms with Crippen LogP contribution in [0, 0.1) is 5.82 Å². The van der Waals surface area contributed by atoms with Crippen molar-refractivity contribution in [2.75, 3.05) is 6.26 Å². The molecule has 0 aliphatic heterocycles. The van der Waals surface area contributed by atoms with Gasteiger partial charge in [-0.3, -0.25) is 20.4 Å². The van der Waals surface area contributed by atoms with Gasteiger partial charge >= 0.3 is 0 Å². The van der Waals surface area contributed by atoms with Crippen LogP contribution in [0.15, 0.2) is 47.4 Å². The topological polar surface area (TPSA) is 92.3 Å². The van der Waals surface area contributed by atoms with E-state index < -0.39 is 33.0 Å². The fraction of sp³-hybridized carbons (Fsp3) is 0.0667. The number of amides is 2. The van der Waals surface area contributed by atoms with E-state index in [0.717, 1.165) is 12.3 Å². The highest BCUT2D eigenvalue weighted by atomic mass is 35.5. The summed E-state index contributed by atoms with van der Waals surface area (Å²) >= 11 is 5.75. The second-order valence-corrected chi connectivity index (χ2v) is 7.22. The van der Waals surface area contributed by atoms with Gasteiger partial charge in [-0.2, -0.15) is 0 Å². The first kappa shape index (κ1) is 17.9. The highest BCUT2D eigenvalue weighted by Crippen LogP contribution is 2.18. The summed E-state index contributed by atoms with van der Waals surface area (Å²) in [5.41, 5.74) is 3.86. The maximum absolute atomic E-state index is 13.6. The lowest BCUT2D eigenvalue weighted by Crippen LogP contribution is -2.42. The number of hydrogen-bond acceptors (Lipinski definition) is 4. The first-order valence-electron chi connectivity index (χ1n) is 6.55. The minimum atomic E-state index is -3.37. The van der Waals surface area contributed by atoms with Crippen molar-refractivity contribution in [1.82, 2.24) is 10.9 Å². The van der Waals surface area contributed by atoms with Gasteiger partial charge in [-0.15, -0.1) is 0 Å². The van der Waals surface area contributed by atoms with Gasteiger partial charge in [0, 0.05) is 11.8 Å². The standard InChI is InChI=1S/C15H12ClFN2O4S/c1-24(22,23)10-7-5-9(6-8-10)14(20)18-19-15(21)13-11(16)3-2-4-12(13)17/h2-8H,1H3,(H,18,20)(H,19,21). The molecule has 0 saturated carbocycles. The quantitative estimate of drug-likeness (QED) is 0.808. The largest absolute Gasteiger partial charge is 0.274 e. The predicted octanol–water partition coefficient (Wildman–Crippen LogP) is 1.96. The molecule has 2 rings (SSSR count). The summed E-state index contributed by atoms with van der Waals surface area (Å²) < 4.78 is 36.3. The van der Waals surface area contributed by atoms with E-state index in [1.54, 1.807) is 0 Å². The zero-order valence-corrected chi connectivity index (χ0v) is 13.9. The van der Waals surface area contributed by atoms with Gasteiger partial charge in [-0.1, -0.05) is 17.7 Å². The number of benzene rings is 2. The van der Waals surface area contributed by atoms with Gasteiger partial charge < -0.3 is 0 Å². The van der Waals surface area contributed by atoms with Crippen molar-refractivity contribution >= 4 is 33.3 Å². The number of rotatable bonds is 3. The molecule has 0 unspecified atom stereocenters. The van der Waals surface area contributed by atoms with Crippen LogP contribution >= 0.6 is 11.6 Å². The Morgan fingerprint density at radius 3 is 2.12 bits per heavy atom. The molecule has 0 radical (unpaired) electrons. The predicted molar refractivity (Wildman–Crippen MR) is 85.9 cm³/mol. The van der Waals surface area contributed by atoms with Crippen molar-refractivity contribution in [3.05, 3.63) is 64.4 Å². The van der Waals surface area contributed by atoms with E-state index in [1.165, 1.54) is 36.4 Å². The van der Waals surface area contributed by atoms with Gasteiger partial charge in [0.1, 0.15) is 5.82 Å². The van der Waals surface area contributed by atoms with Gasteiger partial charge in [-0.05, 0) is 36.4 Å². The van der Waals surface area contributed by atoms with Crippen LogP contribution < -0.4 is 10.9 Å². The lowest BCUT2D eigenvalue weighted by Gasteiger charge is -2.09. The fourth-order valence-corrected chi connectivity index (χ4v) is 2.70. The third-order valence-corrected chi connectivity index (χ3v) is 4.47. The highest BCUT2D eigenvalue weighted by Gasteiger charge is 2.17. The lowest BCUT2D eigenvalue weighted by atomic mass is 10.2. The molecule has 0 aliphatic rings. The van der Waals surface area contributed by atoms with Crippen molar-refractivity contribution < 1.29 is 22.4 Å². The van der Waals surface area contributed by atoms with Crippen LogP contribution in [0.5, 0.6) is 0 Å². The number of hydrazine groups is 1. The summed E-state index contributed by atoms with van der Waals surface area (Å²) in [6.45, 7) is 0. The normalized spacial score (nSPS) is 11.0.